The highest BCUT2D eigenvalue weighted by atomic mass is 19.3. The Hall–Kier alpha value is -0.590. The molecule has 1 unspecified atom stereocenters. The minimum absolute atomic E-state index is 0.681. The standard InChI is InChI=1S/C6H10F2O4/c1-12-4(2-9)5(11)6(7,8)3-10/h3-5,9,11H,2H2,1H3/t4-,5?/m1/s1. The Balaban J connectivity index is 4.33. The lowest BCUT2D eigenvalue weighted by atomic mass is 10.1. The van der Waals surface area contributed by atoms with Gasteiger partial charge in [0.2, 0.25) is 0 Å². The normalized spacial score (nSPS) is 17.1. The van der Waals surface area contributed by atoms with Crippen LogP contribution in [-0.4, -0.2) is 48.3 Å². The number of carbonyl (C=O) groups is 1. The van der Waals surface area contributed by atoms with E-state index < -0.39 is 31.0 Å². The van der Waals surface area contributed by atoms with Crippen LogP contribution in [0.4, 0.5) is 8.78 Å². The van der Waals surface area contributed by atoms with Crippen molar-refractivity contribution in [1.29, 1.82) is 0 Å². The van der Waals surface area contributed by atoms with Crippen molar-refractivity contribution >= 4 is 6.29 Å². The SMILES string of the molecule is CO[C@H](CO)C(O)C(F)(F)C=O. The first-order valence-corrected chi connectivity index (χ1v) is 3.15. The Bertz CT molecular complexity index is 146. The number of hydrogen-bond acceptors (Lipinski definition) is 4. The molecule has 0 aliphatic heterocycles. The van der Waals surface area contributed by atoms with E-state index >= 15 is 0 Å². The lowest BCUT2D eigenvalue weighted by molar-refractivity contribution is -0.170. The van der Waals surface area contributed by atoms with Crippen molar-refractivity contribution < 1.29 is 28.5 Å². The maximum atomic E-state index is 12.4. The van der Waals surface area contributed by atoms with Crippen LogP contribution in [0.3, 0.4) is 0 Å². The lowest BCUT2D eigenvalue weighted by Crippen LogP contribution is -2.46. The molecule has 0 aromatic heterocycles. The second kappa shape index (κ2) is 4.44. The molecule has 0 saturated heterocycles. The van der Waals surface area contributed by atoms with Crippen LogP contribution in [0.2, 0.25) is 0 Å². The first-order chi connectivity index (χ1) is 5.49. The molecule has 0 heterocycles. The van der Waals surface area contributed by atoms with Crippen LogP contribution in [0.15, 0.2) is 0 Å². The second-order valence-corrected chi connectivity index (χ2v) is 2.19. The molecule has 0 amide bonds. The van der Waals surface area contributed by atoms with Crippen LogP contribution in [-0.2, 0) is 9.53 Å². The van der Waals surface area contributed by atoms with E-state index in [0.717, 1.165) is 7.11 Å². The number of aliphatic hydroxyl groups is 2. The van der Waals surface area contributed by atoms with Crippen molar-refractivity contribution in [3.05, 3.63) is 0 Å². The van der Waals surface area contributed by atoms with Crippen LogP contribution < -0.4 is 0 Å². The molecule has 2 atom stereocenters. The van der Waals surface area contributed by atoms with Crippen molar-refractivity contribution in [3.8, 4) is 0 Å². The van der Waals surface area contributed by atoms with Gasteiger partial charge < -0.3 is 14.9 Å². The Morgan fingerprint density at radius 2 is 2.17 bits per heavy atom. The monoisotopic (exact) mass is 184 g/mol. The Kier molecular flexibility index (Phi) is 4.22. The average Bonchev–Trinajstić information content (AvgIpc) is 2.06. The largest absolute Gasteiger partial charge is 0.394 e. The average molecular weight is 184 g/mol. The van der Waals surface area contributed by atoms with Gasteiger partial charge in [-0.3, -0.25) is 4.79 Å². The van der Waals surface area contributed by atoms with Crippen molar-refractivity contribution in [2.75, 3.05) is 13.7 Å². The number of rotatable bonds is 5. The molecule has 0 aromatic rings. The topological polar surface area (TPSA) is 66.8 Å². The summed E-state index contributed by atoms with van der Waals surface area (Å²) < 4.78 is 29.0. The summed E-state index contributed by atoms with van der Waals surface area (Å²) in [5.74, 6) is -3.89. The highest BCUT2D eigenvalue weighted by molar-refractivity contribution is 5.60. The number of aldehydes is 1. The molecular weight excluding hydrogens is 174 g/mol. The predicted octanol–water partition coefficient (Wildman–Crippen LogP) is -0.811. The predicted molar refractivity (Wildman–Crippen MR) is 34.9 cm³/mol. The van der Waals surface area contributed by atoms with E-state index in [1.165, 1.54) is 0 Å². The highest BCUT2D eigenvalue weighted by Gasteiger charge is 2.43. The van der Waals surface area contributed by atoms with E-state index in [1.54, 1.807) is 0 Å². The zero-order valence-corrected chi connectivity index (χ0v) is 6.41. The van der Waals surface area contributed by atoms with E-state index in [2.05, 4.69) is 4.74 Å². The van der Waals surface area contributed by atoms with Gasteiger partial charge in [0.1, 0.15) is 6.10 Å². The molecule has 0 spiro atoms. The summed E-state index contributed by atoms with van der Waals surface area (Å²) in [6.07, 6.45) is -4.45. The van der Waals surface area contributed by atoms with Gasteiger partial charge in [-0.2, -0.15) is 8.78 Å². The molecule has 0 aromatic carbocycles. The van der Waals surface area contributed by atoms with Crippen molar-refractivity contribution in [3.63, 3.8) is 0 Å². The number of carbonyl (C=O) groups excluding carboxylic acids is 1. The summed E-state index contributed by atoms with van der Waals surface area (Å²) in [7, 11) is 1.05. The molecule has 0 fully saturated rings. The van der Waals surface area contributed by atoms with Gasteiger partial charge in [0.25, 0.3) is 0 Å². The summed E-state index contributed by atoms with van der Waals surface area (Å²) in [5, 5.41) is 17.2. The van der Waals surface area contributed by atoms with Gasteiger partial charge in [0.15, 0.2) is 12.4 Å². The van der Waals surface area contributed by atoms with E-state index in [9.17, 15) is 13.6 Å². The Labute approximate surface area is 67.8 Å². The van der Waals surface area contributed by atoms with Crippen LogP contribution in [0.5, 0.6) is 0 Å². The van der Waals surface area contributed by atoms with Gasteiger partial charge in [0.05, 0.1) is 6.61 Å². The number of aliphatic hydroxyl groups excluding tert-OH is 2. The molecule has 72 valence electrons. The van der Waals surface area contributed by atoms with E-state index in [1.807, 2.05) is 0 Å². The van der Waals surface area contributed by atoms with Crippen molar-refractivity contribution in [2.45, 2.75) is 18.1 Å². The first kappa shape index (κ1) is 11.4. The summed E-state index contributed by atoms with van der Waals surface area (Å²) in [6, 6.07) is 0. The van der Waals surface area contributed by atoms with Crippen molar-refractivity contribution in [1.82, 2.24) is 0 Å². The van der Waals surface area contributed by atoms with E-state index in [4.69, 9.17) is 10.2 Å². The number of alkyl halides is 2. The molecule has 0 aliphatic rings. The number of hydrogen-bond donors (Lipinski definition) is 2. The van der Waals surface area contributed by atoms with Crippen LogP contribution >= 0.6 is 0 Å². The Morgan fingerprint density at radius 1 is 1.67 bits per heavy atom. The van der Waals surface area contributed by atoms with Crippen LogP contribution in [0.1, 0.15) is 0 Å². The number of methoxy groups -OCH3 is 1. The third-order valence-electron chi connectivity index (χ3n) is 1.39. The number of halogens is 2. The van der Waals surface area contributed by atoms with Crippen LogP contribution in [0.25, 0.3) is 0 Å². The fraction of sp³-hybridized carbons (Fsp3) is 0.833. The third-order valence-corrected chi connectivity index (χ3v) is 1.39. The molecule has 4 nitrogen and oxygen atoms in total. The summed E-state index contributed by atoms with van der Waals surface area (Å²) in [6.45, 7) is -0.777. The molecular formula is C6H10F2O4. The minimum atomic E-state index is -3.89. The van der Waals surface area contributed by atoms with Gasteiger partial charge in [-0.05, 0) is 0 Å². The fourth-order valence-electron chi connectivity index (χ4n) is 0.621. The zero-order chi connectivity index (χ0) is 9.78. The lowest BCUT2D eigenvalue weighted by Gasteiger charge is -2.23. The summed E-state index contributed by atoms with van der Waals surface area (Å²) in [5.41, 5.74) is 0. The highest BCUT2D eigenvalue weighted by Crippen LogP contribution is 2.19. The Morgan fingerprint density at radius 3 is 2.42 bits per heavy atom. The van der Waals surface area contributed by atoms with Gasteiger partial charge in [-0.1, -0.05) is 0 Å². The zero-order valence-electron chi connectivity index (χ0n) is 6.41. The van der Waals surface area contributed by atoms with E-state index in [-0.39, 0.29) is 0 Å². The molecule has 0 saturated carbocycles. The molecule has 0 radical (unpaired) electrons. The maximum Gasteiger partial charge on any atom is 0.330 e. The van der Waals surface area contributed by atoms with E-state index in [0.29, 0.717) is 0 Å². The first-order valence-electron chi connectivity index (χ1n) is 3.15. The molecule has 0 rings (SSSR count). The van der Waals surface area contributed by atoms with Gasteiger partial charge in [-0.15, -0.1) is 0 Å². The molecule has 6 heteroatoms. The molecule has 0 aliphatic carbocycles. The molecule has 12 heavy (non-hydrogen) atoms. The number of ether oxygens (including phenoxy) is 1. The molecule has 2 N–H and O–H groups in total. The van der Waals surface area contributed by atoms with Gasteiger partial charge in [0, 0.05) is 7.11 Å². The third kappa shape index (κ3) is 2.47. The summed E-state index contributed by atoms with van der Waals surface area (Å²) >= 11 is 0. The minimum Gasteiger partial charge on any atom is -0.394 e. The second-order valence-electron chi connectivity index (χ2n) is 2.19. The fourth-order valence-corrected chi connectivity index (χ4v) is 0.621. The van der Waals surface area contributed by atoms with Crippen LogP contribution in [0, 0.1) is 0 Å². The van der Waals surface area contributed by atoms with Gasteiger partial charge >= 0.3 is 5.92 Å². The van der Waals surface area contributed by atoms with Crippen molar-refractivity contribution in [2.24, 2.45) is 0 Å². The quantitative estimate of drug-likeness (QED) is 0.548. The van der Waals surface area contributed by atoms with Gasteiger partial charge in [-0.25, -0.2) is 0 Å². The summed E-state index contributed by atoms with van der Waals surface area (Å²) in [4.78, 5) is 9.76. The maximum absolute atomic E-state index is 12.4. The molecule has 0 bridgehead atoms. The smallest absolute Gasteiger partial charge is 0.330 e.